The second-order valence-electron chi connectivity index (χ2n) is 7.27. The summed E-state index contributed by atoms with van der Waals surface area (Å²) >= 11 is 12.0. The van der Waals surface area contributed by atoms with Gasteiger partial charge in [0.2, 0.25) is 5.91 Å². The molecule has 0 aromatic heterocycles. The van der Waals surface area contributed by atoms with Gasteiger partial charge in [0.15, 0.2) is 0 Å². The van der Waals surface area contributed by atoms with Crippen LogP contribution in [0.1, 0.15) is 16.7 Å². The lowest BCUT2D eigenvalue weighted by Gasteiger charge is -2.25. The Labute approximate surface area is 192 Å². The molecule has 3 aromatic carbocycles. The van der Waals surface area contributed by atoms with Gasteiger partial charge in [-0.25, -0.2) is 8.42 Å². The van der Waals surface area contributed by atoms with Gasteiger partial charge in [-0.2, -0.15) is 0 Å². The van der Waals surface area contributed by atoms with Crippen LogP contribution >= 0.6 is 23.2 Å². The fraction of sp³-hybridized carbons (Fsp3) is 0.174. The summed E-state index contributed by atoms with van der Waals surface area (Å²) in [5.74, 6) is -0.465. The normalized spacial score (nSPS) is 11.3. The van der Waals surface area contributed by atoms with Crippen LogP contribution in [0.15, 0.2) is 65.6 Å². The van der Waals surface area contributed by atoms with Crippen molar-refractivity contribution in [2.75, 3.05) is 16.2 Å². The van der Waals surface area contributed by atoms with Crippen LogP contribution in [0, 0.1) is 20.8 Å². The molecule has 8 heteroatoms. The molecule has 0 saturated carbocycles. The van der Waals surface area contributed by atoms with Crippen molar-refractivity contribution in [3.05, 3.63) is 87.4 Å². The minimum atomic E-state index is -4.05. The van der Waals surface area contributed by atoms with Crippen LogP contribution in [0.4, 0.5) is 11.4 Å². The third kappa shape index (κ3) is 5.39. The van der Waals surface area contributed by atoms with Crippen molar-refractivity contribution in [1.82, 2.24) is 0 Å². The predicted molar refractivity (Wildman–Crippen MR) is 127 cm³/mol. The van der Waals surface area contributed by atoms with Gasteiger partial charge in [0, 0.05) is 15.7 Å². The molecule has 31 heavy (non-hydrogen) atoms. The molecule has 3 rings (SSSR count). The van der Waals surface area contributed by atoms with E-state index in [4.69, 9.17) is 23.2 Å². The third-order valence-electron chi connectivity index (χ3n) is 4.73. The first-order valence-electron chi connectivity index (χ1n) is 9.49. The van der Waals surface area contributed by atoms with E-state index in [1.54, 1.807) is 18.2 Å². The van der Waals surface area contributed by atoms with Crippen molar-refractivity contribution in [2.45, 2.75) is 25.7 Å². The van der Waals surface area contributed by atoms with Gasteiger partial charge in [0.25, 0.3) is 10.0 Å². The van der Waals surface area contributed by atoms with Crippen LogP contribution in [0.25, 0.3) is 0 Å². The number of halogens is 2. The number of benzene rings is 3. The summed E-state index contributed by atoms with van der Waals surface area (Å²) in [5, 5.41) is 3.63. The van der Waals surface area contributed by atoms with Crippen molar-refractivity contribution >= 4 is 50.5 Å². The molecule has 3 aromatic rings. The lowest BCUT2D eigenvalue weighted by atomic mass is 10.1. The standard InChI is InChI=1S/C23H22Cl2N2O3S/c1-15-11-16(2)23(17(3)12-15)26-22(28)14-27(20-6-4-5-19(25)13-20)31(29,30)21-9-7-18(24)8-10-21/h4-13H,14H2,1-3H3,(H,26,28). The molecule has 0 unspecified atom stereocenters. The highest BCUT2D eigenvalue weighted by Crippen LogP contribution is 2.28. The minimum absolute atomic E-state index is 0.0207. The van der Waals surface area contributed by atoms with E-state index in [0.29, 0.717) is 15.7 Å². The molecule has 0 heterocycles. The Morgan fingerprint density at radius 1 is 0.903 bits per heavy atom. The number of hydrogen-bond donors (Lipinski definition) is 1. The molecular weight excluding hydrogens is 455 g/mol. The van der Waals surface area contributed by atoms with Crippen molar-refractivity contribution in [1.29, 1.82) is 0 Å². The maximum atomic E-state index is 13.4. The number of hydrogen-bond acceptors (Lipinski definition) is 3. The fourth-order valence-electron chi connectivity index (χ4n) is 3.37. The molecule has 1 amide bonds. The Morgan fingerprint density at radius 3 is 2.10 bits per heavy atom. The van der Waals surface area contributed by atoms with Crippen molar-refractivity contribution in [3.63, 3.8) is 0 Å². The zero-order chi connectivity index (χ0) is 22.8. The maximum absolute atomic E-state index is 13.4. The van der Waals surface area contributed by atoms with Crippen molar-refractivity contribution in [3.8, 4) is 0 Å². The van der Waals surface area contributed by atoms with E-state index in [1.807, 2.05) is 32.9 Å². The van der Waals surface area contributed by atoms with Gasteiger partial charge < -0.3 is 5.32 Å². The summed E-state index contributed by atoms with van der Waals surface area (Å²) < 4.78 is 27.8. The van der Waals surface area contributed by atoms with Gasteiger partial charge in [-0.05, 0) is 74.4 Å². The lowest BCUT2D eigenvalue weighted by Crippen LogP contribution is -2.38. The van der Waals surface area contributed by atoms with Crippen LogP contribution in [0.2, 0.25) is 10.0 Å². The number of carbonyl (C=O) groups is 1. The summed E-state index contributed by atoms with van der Waals surface area (Å²) in [6.45, 7) is 5.35. The highest BCUT2D eigenvalue weighted by Gasteiger charge is 2.27. The lowest BCUT2D eigenvalue weighted by molar-refractivity contribution is -0.114. The number of anilines is 2. The number of nitrogens with one attached hydrogen (secondary N) is 1. The van der Waals surface area contributed by atoms with Crippen molar-refractivity contribution in [2.24, 2.45) is 0 Å². The topological polar surface area (TPSA) is 66.5 Å². The summed E-state index contributed by atoms with van der Waals surface area (Å²) in [7, 11) is -4.05. The monoisotopic (exact) mass is 476 g/mol. The van der Waals surface area contributed by atoms with Crippen LogP contribution in [0.5, 0.6) is 0 Å². The van der Waals surface area contributed by atoms with Crippen molar-refractivity contribution < 1.29 is 13.2 Å². The highest BCUT2D eigenvalue weighted by molar-refractivity contribution is 7.92. The molecule has 0 bridgehead atoms. The number of carbonyl (C=O) groups excluding carboxylic acids is 1. The van der Waals surface area contributed by atoms with E-state index in [9.17, 15) is 13.2 Å². The maximum Gasteiger partial charge on any atom is 0.264 e. The minimum Gasteiger partial charge on any atom is -0.324 e. The quantitative estimate of drug-likeness (QED) is 0.492. The molecule has 0 saturated heterocycles. The molecule has 0 spiro atoms. The summed E-state index contributed by atoms with van der Waals surface area (Å²) in [6.07, 6.45) is 0. The van der Waals surface area contributed by atoms with E-state index in [-0.39, 0.29) is 10.6 Å². The van der Waals surface area contributed by atoms with Crippen LogP contribution in [0.3, 0.4) is 0 Å². The zero-order valence-electron chi connectivity index (χ0n) is 17.3. The van der Waals surface area contributed by atoms with Gasteiger partial charge in [0.05, 0.1) is 10.6 Å². The molecule has 162 valence electrons. The predicted octanol–water partition coefficient (Wildman–Crippen LogP) is 5.75. The second kappa shape index (κ2) is 9.30. The average Bonchev–Trinajstić information content (AvgIpc) is 2.69. The van der Waals surface area contributed by atoms with Gasteiger partial charge in [-0.3, -0.25) is 9.10 Å². The van der Waals surface area contributed by atoms with Gasteiger partial charge in [-0.1, -0.05) is 47.0 Å². The number of aryl methyl sites for hydroxylation is 3. The highest BCUT2D eigenvalue weighted by atomic mass is 35.5. The Bertz CT molecular complexity index is 1200. The van der Waals surface area contributed by atoms with E-state index in [2.05, 4.69) is 5.32 Å². The Hall–Kier alpha value is -2.54. The third-order valence-corrected chi connectivity index (χ3v) is 7.00. The van der Waals surface area contributed by atoms with Gasteiger partial charge in [0.1, 0.15) is 6.54 Å². The zero-order valence-corrected chi connectivity index (χ0v) is 19.6. The first-order valence-corrected chi connectivity index (χ1v) is 11.7. The molecule has 0 atom stereocenters. The van der Waals surface area contributed by atoms with Gasteiger partial charge in [-0.15, -0.1) is 0 Å². The van der Waals surface area contributed by atoms with Gasteiger partial charge >= 0.3 is 0 Å². The Kier molecular flexibility index (Phi) is 6.94. The molecule has 5 nitrogen and oxygen atoms in total. The van der Waals surface area contributed by atoms with Crippen LogP contribution in [-0.2, 0) is 14.8 Å². The first kappa shape index (κ1) is 23.1. The summed E-state index contributed by atoms with van der Waals surface area (Å²) in [6, 6.07) is 16.1. The molecule has 0 fully saturated rings. The fourth-order valence-corrected chi connectivity index (χ4v) is 5.09. The average molecular weight is 477 g/mol. The Balaban J connectivity index is 1.98. The molecular formula is C23H22Cl2N2O3S. The molecule has 0 radical (unpaired) electrons. The number of amides is 1. The van der Waals surface area contributed by atoms with Crippen LogP contribution in [-0.4, -0.2) is 20.9 Å². The number of rotatable bonds is 6. The molecule has 1 N–H and O–H groups in total. The van der Waals surface area contributed by atoms with E-state index in [0.717, 1.165) is 21.0 Å². The smallest absolute Gasteiger partial charge is 0.264 e. The SMILES string of the molecule is Cc1cc(C)c(NC(=O)CN(c2cccc(Cl)c2)S(=O)(=O)c2ccc(Cl)cc2)c(C)c1. The summed E-state index contributed by atoms with van der Waals surface area (Å²) in [4.78, 5) is 13.0. The molecule has 0 aliphatic carbocycles. The number of sulfonamides is 1. The van der Waals surface area contributed by atoms with E-state index >= 15 is 0 Å². The van der Waals surface area contributed by atoms with E-state index < -0.39 is 22.5 Å². The molecule has 0 aliphatic heterocycles. The van der Waals surface area contributed by atoms with Crippen LogP contribution < -0.4 is 9.62 Å². The Morgan fingerprint density at radius 2 is 1.52 bits per heavy atom. The number of nitrogens with zero attached hydrogens (tertiary/aromatic N) is 1. The second-order valence-corrected chi connectivity index (χ2v) is 10.0. The first-order chi connectivity index (χ1) is 14.6. The summed E-state index contributed by atoms with van der Waals surface area (Å²) in [5.41, 5.74) is 3.85. The van der Waals surface area contributed by atoms with E-state index in [1.165, 1.54) is 30.3 Å². The molecule has 0 aliphatic rings. The largest absolute Gasteiger partial charge is 0.324 e.